The minimum atomic E-state index is -3.22. The minimum Gasteiger partial charge on any atom is -0.493 e. The fourth-order valence-corrected chi connectivity index (χ4v) is 3.49. The van der Waals surface area contributed by atoms with Gasteiger partial charge < -0.3 is 15.2 Å². The van der Waals surface area contributed by atoms with Crippen molar-refractivity contribution in [2.45, 2.75) is 23.5 Å². The number of ether oxygens (including phenoxy) is 1. The Morgan fingerprint density at radius 3 is 2.62 bits per heavy atom. The highest BCUT2D eigenvalue weighted by Gasteiger charge is 2.21. The monoisotopic (exact) mass is 347 g/mol. The zero-order chi connectivity index (χ0) is 17.2. The van der Waals surface area contributed by atoms with Crippen LogP contribution in [0.15, 0.2) is 53.4 Å². The van der Waals surface area contributed by atoms with Crippen LogP contribution in [0.25, 0.3) is 0 Å². The molecular formula is C18H21NO4S. The molecule has 128 valence electrons. The second-order valence-electron chi connectivity index (χ2n) is 5.99. The van der Waals surface area contributed by atoms with Gasteiger partial charge in [-0.15, -0.1) is 0 Å². The Hall–Kier alpha value is -1.89. The van der Waals surface area contributed by atoms with Crippen LogP contribution in [0.3, 0.4) is 0 Å². The van der Waals surface area contributed by atoms with Crippen LogP contribution in [0.1, 0.15) is 29.7 Å². The number of sulfone groups is 1. The van der Waals surface area contributed by atoms with E-state index in [0.29, 0.717) is 18.7 Å². The molecule has 24 heavy (non-hydrogen) atoms. The van der Waals surface area contributed by atoms with Gasteiger partial charge >= 0.3 is 0 Å². The van der Waals surface area contributed by atoms with E-state index in [1.807, 2.05) is 24.3 Å². The van der Waals surface area contributed by atoms with Gasteiger partial charge in [0.25, 0.3) is 0 Å². The van der Waals surface area contributed by atoms with Gasteiger partial charge in [0.05, 0.1) is 17.6 Å². The lowest BCUT2D eigenvalue weighted by Crippen LogP contribution is -2.30. The molecule has 6 heteroatoms. The van der Waals surface area contributed by atoms with Crippen LogP contribution < -0.4 is 10.1 Å². The molecule has 5 nitrogen and oxygen atoms in total. The summed E-state index contributed by atoms with van der Waals surface area (Å²) in [6.07, 6.45) is 1.31. The Balaban J connectivity index is 1.65. The zero-order valence-electron chi connectivity index (χ0n) is 13.5. The summed E-state index contributed by atoms with van der Waals surface area (Å²) in [6, 6.07) is 14.4. The summed E-state index contributed by atoms with van der Waals surface area (Å²) < 4.78 is 28.6. The molecule has 0 radical (unpaired) electrons. The molecule has 0 fully saturated rings. The van der Waals surface area contributed by atoms with Gasteiger partial charge in [0, 0.05) is 30.8 Å². The van der Waals surface area contributed by atoms with Crippen LogP contribution in [0.5, 0.6) is 5.75 Å². The predicted octanol–water partition coefficient (Wildman–Crippen LogP) is 2.24. The van der Waals surface area contributed by atoms with E-state index in [4.69, 9.17) is 4.74 Å². The summed E-state index contributed by atoms with van der Waals surface area (Å²) in [5, 5.41) is 13.7. The van der Waals surface area contributed by atoms with Crippen molar-refractivity contribution in [3.63, 3.8) is 0 Å². The van der Waals surface area contributed by atoms with Crippen molar-refractivity contribution in [3.05, 3.63) is 59.7 Å². The average molecular weight is 347 g/mol. The van der Waals surface area contributed by atoms with Crippen molar-refractivity contribution in [3.8, 4) is 5.75 Å². The Morgan fingerprint density at radius 1 is 1.21 bits per heavy atom. The molecule has 0 aromatic heterocycles. The predicted molar refractivity (Wildman–Crippen MR) is 91.8 cm³/mol. The van der Waals surface area contributed by atoms with E-state index in [1.54, 1.807) is 12.1 Å². The van der Waals surface area contributed by atoms with E-state index in [-0.39, 0.29) is 10.9 Å². The van der Waals surface area contributed by atoms with E-state index in [9.17, 15) is 13.5 Å². The van der Waals surface area contributed by atoms with Crippen LogP contribution in [0.2, 0.25) is 0 Å². The lowest BCUT2D eigenvalue weighted by atomic mass is 10.00. The lowest BCUT2D eigenvalue weighted by Gasteiger charge is -2.27. The van der Waals surface area contributed by atoms with Crippen molar-refractivity contribution < 1.29 is 18.3 Å². The molecule has 3 rings (SSSR count). The maximum atomic E-state index is 11.5. The number of rotatable bonds is 5. The summed E-state index contributed by atoms with van der Waals surface area (Å²) in [5.74, 6) is 0.883. The van der Waals surface area contributed by atoms with Crippen molar-refractivity contribution in [1.82, 2.24) is 5.32 Å². The van der Waals surface area contributed by atoms with Crippen molar-refractivity contribution >= 4 is 9.84 Å². The smallest absolute Gasteiger partial charge is 0.175 e. The maximum Gasteiger partial charge on any atom is 0.175 e. The SMILES string of the molecule is CS(=O)(=O)c1ccc([C@H](O)CN[C@H]2CCOc3ccccc32)cc1. The Kier molecular flexibility index (Phi) is 4.89. The zero-order valence-corrected chi connectivity index (χ0v) is 14.3. The Labute approximate surface area is 142 Å². The van der Waals surface area contributed by atoms with E-state index in [0.717, 1.165) is 17.7 Å². The van der Waals surface area contributed by atoms with Crippen LogP contribution in [0.4, 0.5) is 0 Å². The molecule has 2 atom stereocenters. The first-order valence-electron chi connectivity index (χ1n) is 7.88. The highest BCUT2D eigenvalue weighted by Crippen LogP contribution is 2.31. The summed E-state index contributed by atoms with van der Waals surface area (Å²) in [6.45, 7) is 1.03. The molecule has 2 N–H and O–H groups in total. The van der Waals surface area contributed by atoms with Crippen LogP contribution >= 0.6 is 0 Å². The molecule has 0 spiro atoms. The van der Waals surface area contributed by atoms with Gasteiger partial charge in [-0.05, 0) is 23.8 Å². The largest absolute Gasteiger partial charge is 0.493 e. The number of hydrogen-bond donors (Lipinski definition) is 2. The first kappa shape index (κ1) is 17.0. The van der Waals surface area contributed by atoms with E-state index in [2.05, 4.69) is 5.32 Å². The summed E-state index contributed by atoms with van der Waals surface area (Å²) in [4.78, 5) is 0.254. The second-order valence-corrected chi connectivity index (χ2v) is 8.01. The molecule has 0 amide bonds. The number of fused-ring (bicyclic) bond motifs is 1. The molecule has 0 aliphatic carbocycles. The van der Waals surface area contributed by atoms with Crippen molar-refractivity contribution in [2.75, 3.05) is 19.4 Å². The summed E-state index contributed by atoms with van der Waals surface area (Å²) >= 11 is 0. The third-order valence-electron chi connectivity index (χ3n) is 4.21. The molecule has 0 unspecified atom stereocenters. The molecule has 2 aromatic rings. The first-order valence-corrected chi connectivity index (χ1v) is 9.77. The normalized spacial score (nSPS) is 18.5. The van der Waals surface area contributed by atoms with Gasteiger partial charge in [0.15, 0.2) is 9.84 Å². The van der Waals surface area contributed by atoms with Gasteiger partial charge in [-0.1, -0.05) is 30.3 Å². The average Bonchev–Trinajstić information content (AvgIpc) is 2.59. The van der Waals surface area contributed by atoms with E-state index in [1.165, 1.54) is 18.4 Å². The molecular weight excluding hydrogens is 326 g/mol. The molecule has 0 saturated carbocycles. The quantitative estimate of drug-likeness (QED) is 0.867. The fraction of sp³-hybridized carbons (Fsp3) is 0.333. The van der Waals surface area contributed by atoms with Gasteiger partial charge in [0.1, 0.15) is 5.75 Å². The van der Waals surface area contributed by atoms with Crippen LogP contribution in [-0.4, -0.2) is 32.9 Å². The van der Waals surface area contributed by atoms with Gasteiger partial charge in [-0.3, -0.25) is 0 Å². The van der Waals surface area contributed by atoms with Gasteiger partial charge in [-0.2, -0.15) is 0 Å². The highest BCUT2D eigenvalue weighted by atomic mass is 32.2. The topological polar surface area (TPSA) is 75.6 Å². The maximum absolute atomic E-state index is 11.5. The third kappa shape index (κ3) is 3.77. The molecule has 1 heterocycles. The molecule has 2 aromatic carbocycles. The number of nitrogens with one attached hydrogen (secondary N) is 1. The fourth-order valence-electron chi connectivity index (χ4n) is 2.86. The number of benzene rings is 2. The summed E-state index contributed by atoms with van der Waals surface area (Å²) in [5.41, 5.74) is 1.79. The third-order valence-corrected chi connectivity index (χ3v) is 5.34. The van der Waals surface area contributed by atoms with Crippen molar-refractivity contribution in [2.24, 2.45) is 0 Å². The van der Waals surface area contributed by atoms with Crippen LogP contribution in [0, 0.1) is 0 Å². The Morgan fingerprint density at radius 2 is 1.92 bits per heavy atom. The van der Waals surface area contributed by atoms with E-state index < -0.39 is 15.9 Å². The standard InChI is InChI=1S/C18H21NO4S/c1-24(21,22)14-8-6-13(7-9-14)17(20)12-19-16-10-11-23-18-5-3-2-4-15(16)18/h2-9,16-17,19-20H,10-12H2,1H3/t16-,17+/m0/s1. The summed E-state index contributed by atoms with van der Waals surface area (Å²) in [7, 11) is -3.22. The number of aliphatic hydroxyl groups excluding tert-OH is 1. The second kappa shape index (κ2) is 6.93. The number of aliphatic hydroxyl groups is 1. The van der Waals surface area contributed by atoms with Crippen LogP contribution in [-0.2, 0) is 9.84 Å². The lowest BCUT2D eigenvalue weighted by molar-refractivity contribution is 0.162. The van der Waals surface area contributed by atoms with Gasteiger partial charge in [-0.25, -0.2) is 8.42 Å². The number of para-hydroxylation sites is 1. The minimum absolute atomic E-state index is 0.139. The molecule has 0 saturated heterocycles. The molecule has 1 aliphatic rings. The molecule has 0 bridgehead atoms. The highest BCUT2D eigenvalue weighted by molar-refractivity contribution is 7.90. The number of hydrogen-bond acceptors (Lipinski definition) is 5. The Bertz CT molecular complexity index is 802. The van der Waals surface area contributed by atoms with E-state index >= 15 is 0 Å². The first-order chi connectivity index (χ1) is 11.4. The van der Waals surface area contributed by atoms with Gasteiger partial charge in [0.2, 0.25) is 0 Å². The van der Waals surface area contributed by atoms with Crippen molar-refractivity contribution in [1.29, 1.82) is 0 Å². The molecule has 1 aliphatic heterocycles.